The quantitative estimate of drug-likeness (QED) is 0.477. The fourth-order valence-corrected chi connectivity index (χ4v) is 1.03. The van der Waals surface area contributed by atoms with Crippen LogP contribution in [0.3, 0.4) is 0 Å². The minimum Gasteiger partial charge on any atom is -0.509 e. The molecule has 4 heteroatoms. The number of carbonyl (C=O) groups excluding carboxylic acids is 1. The van der Waals surface area contributed by atoms with Crippen LogP contribution in [0.2, 0.25) is 0 Å². The predicted molar refractivity (Wildman–Crippen MR) is 40.7 cm³/mol. The van der Waals surface area contributed by atoms with Crippen molar-refractivity contribution in [2.45, 2.75) is 19.9 Å². The van der Waals surface area contributed by atoms with Gasteiger partial charge in [-0.25, -0.2) is 0 Å². The van der Waals surface area contributed by atoms with Crippen molar-refractivity contribution in [2.24, 2.45) is 0 Å². The molecular formula is C7H10N2O2. The number of carbonyl (C=O) groups is 1. The average molecular weight is 154 g/mol. The highest BCUT2D eigenvalue weighted by molar-refractivity contribution is 6.21. The zero-order chi connectivity index (χ0) is 8.59. The van der Waals surface area contributed by atoms with E-state index < -0.39 is 0 Å². The van der Waals surface area contributed by atoms with Gasteiger partial charge < -0.3 is 15.8 Å². The van der Waals surface area contributed by atoms with Crippen LogP contribution in [0.4, 0.5) is 0 Å². The summed E-state index contributed by atoms with van der Waals surface area (Å²) in [6, 6.07) is -0.349. The molecule has 0 bridgehead atoms. The second kappa shape index (κ2) is 2.38. The molecule has 1 amide bonds. The summed E-state index contributed by atoms with van der Waals surface area (Å²) in [5.41, 5.74) is 0.210. The Morgan fingerprint density at radius 2 is 2.27 bits per heavy atom. The highest BCUT2D eigenvalue weighted by Gasteiger charge is 2.29. The van der Waals surface area contributed by atoms with Crippen LogP contribution in [0.15, 0.2) is 11.3 Å². The molecule has 1 aliphatic rings. The van der Waals surface area contributed by atoms with E-state index in [0.717, 1.165) is 0 Å². The van der Waals surface area contributed by atoms with Gasteiger partial charge in [-0.05, 0) is 13.8 Å². The summed E-state index contributed by atoms with van der Waals surface area (Å²) in [7, 11) is 0. The third-order valence-electron chi connectivity index (χ3n) is 1.62. The third-order valence-corrected chi connectivity index (χ3v) is 1.62. The maximum atomic E-state index is 11.0. The highest BCUT2D eigenvalue weighted by Crippen LogP contribution is 2.14. The monoisotopic (exact) mass is 154 g/mol. The number of aliphatic hydroxyl groups excluding tert-OH is 1. The molecule has 0 fully saturated rings. The van der Waals surface area contributed by atoms with Crippen LogP contribution >= 0.6 is 0 Å². The fourth-order valence-electron chi connectivity index (χ4n) is 1.03. The summed E-state index contributed by atoms with van der Waals surface area (Å²) in [6.45, 7) is 3.15. The lowest BCUT2D eigenvalue weighted by atomic mass is 10.1. The molecule has 60 valence electrons. The Kier molecular flexibility index (Phi) is 1.68. The zero-order valence-corrected chi connectivity index (χ0v) is 6.43. The first-order chi connectivity index (χ1) is 5.04. The van der Waals surface area contributed by atoms with Crippen LogP contribution in [0.25, 0.3) is 0 Å². The number of hydrogen-bond acceptors (Lipinski definition) is 3. The van der Waals surface area contributed by atoms with Crippen molar-refractivity contribution in [1.82, 2.24) is 5.32 Å². The normalized spacial score (nSPS) is 23.8. The van der Waals surface area contributed by atoms with Crippen LogP contribution in [-0.2, 0) is 4.79 Å². The fraction of sp³-hybridized carbons (Fsp3) is 0.429. The maximum Gasteiger partial charge on any atom is 0.257 e. The molecule has 4 nitrogen and oxygen atoms in total. The van der Waals surface area contributed by atoms with Gasteiger partial charge in [0, 0.05) is 5.71 Å². The number of aliphatic hydroxyl groups is 1. The molecule has 0 aromatic rings. The van der Waals surface area contributed by atoms with Gasteiger partial charge in [-0.1, -0.05) is 0 Å². The van der Waals surface area contributed by atoms with Crippen LogP contribution < -0.4 is 5.32 Å². The van der Waals surface area contributed by atoms with Crippen molar-refractivity contribution < 1.29 is 9.90 Å². The minimum atomic E-state index is -0.359. The molecule has 0 aromatic heterocycles. The first kappa shape index (κ1) is 7.78. The van der Waals surface area contributed by atoms with E-state index >= 15 is 0 Å². The van der Waals surface area contributed by atoms with Crippen molar-refractivity contribution in [1.29, 1.82) is 5.41 Å². The van der Waals surface area contributed by atoms with Gasteiger partial charge in [0.05, 0.1) is 11.6 Å². The van der Waals surface area contributed by atoms with Crippen LogP contribution in [-0.4, -0.2) is 22.8 Å². The van der Waals surface area contributed by atoms with Gasteiger partial charge in [-0.15, -0.1) is 0 Å². The lowest BCUT2D eigenvalue weighted by Gasteiger charge is -2.00. The molecule has 0 spiro atoms. The topological polar surface area (TPSA) is 73.2 Å². The lowest BCUT2D eigenvalue weighted by molar-refractivity contribution is -0.116. The maximum absolute atomic E-state index is 11.0. The first-order valence-corrected chi connectivity index (χ1v) is 3.33. The predicted octanol–water partition coefficient (Wildman–Crippen LogP) is 0.356. The van der Waals surface area contributed by atoms with Crippen molar-refractivity contribution in [3.63, 3.8) is 0 Å². The molecule has 1 rings (SSSR count). The highest BCUT2D eigenvalue weighted by atomic mass is 16.3. The molecule has 1 atom stereocenters. The Morgan fingerprint density at radius 3 is 2.45 bits per heavy atom. The second-order valence-corrected chi connectivity index (χ2v) is 2.58. The molecular weight excluding hydrogens is 144 g/mol. The van der Waals surface area contributed by atoms with E-state index in [1.807, 2.05) is 0 Å². The van der Waals surface area contributed by atoms with Crippen molar-refractivity contribution in [3.8, 4) is 0 Å². The molecule has 3 N–H and O–H groups in total. The van der Waals surface area contributed by atoms with Gasteiger partial charge in [-0.3, -0.25) is 4.79 Å². The molecule has 0 aliphatic carbocycles. The van der Waals surface area contributed by atoms with Gasteiger partial charge in [-0.2, -0.15) is 0 Å². The summed E-state index contributed by atoms with van der Waals surface area (Å²) in [5.74, 6) is -0.384. The number of rotatable bonds is 1. The molecule has 1 aliphatic heterocycles. The van der Waals surface area contributed by atoms with Crippen molar-refractivity contribution in [2.75, 3.05) is 0 Å². The summed E-state index contributed by atoms with van der Waals surface area (Å²) in [6.07, 6.45) is 0. The van der Waals surface area contributed by atoms with Crippen LogP contribution in [0.1, 0.15) is 13.8 Å². The van der Waals surface area contributed by atoms with E-state index in [-0.39, 0.29) is 29.0 Å². The van der Waals surface area contributed by atoms with Crippen molar-refractivity contribution >= 4 is 11.6 Å². The standard InChI is InChI=1S/C7H10N2O2/c1-3(8)5-6(10)4(2)9-7(5)11/h4,8,10H,1-2H3,(H,9,11)/t4-/m0/s1. The zero-order valence-electron chi connectivity index (χ0n) is 6.43. The Balaban J connectivity index is 3.07. The number of nitrogens with one attached hydrogen (secondary N) is 2. The smallest absolute Gasteiger partial charge is 0.257 e. The SMILES string of the molecule is CC(=N)C1=C(O)[C@H](C)NC1=O. The molecule has 0 aromatic carbocycles. The largest absolute Gasteiger partial charge is 0.509 e. The average Bonchev–Trinajstić information content (AvgIpc) is 2.07. The first-order valence-electron chi connectivity index (χ1n) is 3.33. The van der Waals surface area contributed by atoms with Gasteiger partial charge in [0.1, 0.15) is 5.76 Å². The summed E-state index contributed by atoms with van der Waals surface area (Å²) in [4.78, 5) is 11.0. The Hall–Kier alpha value is -1.32. The molecule has 11 heavy (non-hydrogen) atoms. The summed E-state index contributed by atoms with van der Waals surface area (Å²) >= 11 is 0. The van der Waals surface area contributed by atoms with Crippen molar-refractivity contribution in [3.05, 3.63) is 11.3 Å². The molecule has 0 saturated carbocycles. The second-order valence-electron chi connectivity index (χ2n) is 2.58. The molecule has 0 radical (unpaired) electrons. The van der Waals surface area contributed by atoms with E-state index in [2.05, 4.69) is 5.32 Å². The molecule has 0 saturated heterocycles. The number of hydrogen-bond donors (Lipinski definition) is 3. The Morgan fingerprint density at radius 1 is 1.73 bits per heavy atom. The van der Waals surface area contributed by atoms with Gasteiger partial charge in [0.25, 0.3) is 5.91 Å². The molecule has 1 heterocycles. The van der Waals surface area contributed by atoms with E-state index in [1.54, 1.807) is 6.92 Å². The van der Waals surface area contributed by atoms with Gasteiger partial charge >= 0.3 is 0 Å². The summed E-state index contributed by atoms with van der Waals surface area (Å²) in [5, 5.41) is 18.9. The van der Waals surface area contributed by atoms with E-state index in [9.17, 15) is 9.90 Å². The van der Waals surface area contributed by atoms with Crippen LogP contribution in [0, 0.1) is 5.41 Å². The third kappa shape index (κ3) is 1.11. The minimum absolute atomic E-state index is 0.0255. The number of amides is 1. The van der Waals surface area contributed by atoms with Gasteiger partial charge in [0.2, 0.25) is 0 Å². The van der Waals surface area contributed by atoms with E-state index in [0.29, 0.717) is 0 Å². The Bertz CT molecular complexity index is 255. The van der Waals surface area contributed by atoms with Crippen LogP contribution in [0.5, 0.6) is 0 Å². The Labute approximate surface area is 64.4 Å². The summed E-state index contributed by atoms with van der Waals surface area (Å²) < 4.78 is 0. The van der Waals surface area contributed by atoms with E-state index in [4.69, 9.17) is 5.41 Å². The van der Waals surface area contributed by atoms with Gasteiger partial charge in [0.15, 0.2) is 0 Å². The lowest BCUT2D eigenvalue weighted by Crippen LogP contribution is -2.26. The molecule has 0 unspecified atom stereocenters. The van der Waals surface area contributed by atoms with E-state index in [1.165, 1.54) is 6.92 Å².